The fourth-order valence-electron chi connectivity index (χ4n) is 6.32. The lowest BCUT2D eigenvalue weighted by Crippen LogP contribution is -2.55. The fourth-order valence-corrected chi connectivity index (χ4v) is 6.32. The summed E-state index contributed by atoms with van der Waals surface area (Å²) in [7, 11) is 0. The summed E-state index contributed by atoms with van der Waals surface area (Å²) in [5.41, 5.74) is 0.585. The quantitative estimate of drug-likeness (QED) is 0.381. The molecule has 2 aromatic carbocycles. The SMILES string of the molecule is O=C[C@@H](C[C@H]1CCNC1=O)NC(=O)[C@H](CC1CCCCC1)NC(=O)C1(O)c2ccccc2-c2ccccc21. The van der Waals surface area contributed by atoms with Gasteiger partial charge in [0.25, 0.3) is 5.91 Å². The van der Waals surface area contributed by atoms with Gasteiger partial charge in [-0.3, -0.25) is 14.4 Å². The van der Waals surface area contributed by atoms with Crippen molar-refractivity contribution in [2.45, 2.75) is 69.1 Å². The first-order valence-corrected chi connectivity index (χ1v) is 13.7. The van der Waals surface area contributed by atoms with E-state index in [4.69, 9.17) is 0 Å². The third kappa shape index (κ3) is 4.97. The zero-order chi connectivity index (χ0) is 26.7. The van der Waals surface area contributed by atoms with Crippen LogP contribution in [-0.4, -0.2) is 47.7 Å². The van der Waals surface area contributed by atoms with Crippen LogP contribution in [0.5, 0.6) is 0 Å². The fraction of sp³-hybridized carbons (Fsp3) is 0.467. The number of carbonyl (C=O) groups is 4. The largest absolute Gasteiger partial charge is 0.372 e. The van der Waals surface area contributed by atoms with Crippen molar-refractivity contribution in [3.63, 3.8) is 0 Å². The number of nitrogens with one attached hydrogen (secondary N) is 3. The molecule has 2 aromatic rings. The molecule has 1 aliphatic heterocycles. The third-order valence-corrected chi connectivity index (χ3v) is 8.36. The van der Waals surface area contributed by atoms with Gasteiger partial charge in [0.15, 0.2) is 5.60 Å². The second-order valence-corrected chi connectivity index (χ2v) is 10.8. The maximum Gasteiger partial charge on any atom is 0.262 e. The summed E-state index contributed by atoms with van der Waals surface area (Å²) < 4.78 is 0. The molecule has 5 rings (SSSR count). The highest BCUT2D eigenvalue weighted by molar-refractivity contribution is 6.00. The molecule has 0 unspecified atom stereocenters. The van der Waals surface area contributed by atoms with Gasteiger partial charge in [-0.25, -0.2) is 0 Å². The molecule has 8 heteroatoms. The Balaban J connectivity index is 1.38. The number of rotatable bonds is 9. The second-order valence-electron chi connectivity index (χ2n) is 10.8. The zero-order valence-corrected chi connectivity index (χ0v) is 21.4. The van der Waals surface area contributed by atoms with Crippen molar-refractivity contribution in [1.82, 2.24) is 16.0 Å². The minimum atomic E-state index is -1.94. The van der Waals surface area contributed by atoms with E-state index in [-0.39, 0.29) is 24.2 Å². The topological polar surface area (TPSA) is 125 Å². The maximum atomic E-state index is 13.9. The van der Waals surface area contributed by atoms with Gasteiger partial charge in [-0.2, -0.15) is 0 Å². The Morgan fingerprint density at radius 1 is 0.947 bits per heavy atom. The first-order chi connectivity index (χ1) is 18.4. The van der Waals surface area contributed by atoms with E-state index < -0.39 is 29.5 Å². The van der Waals surface area contributed by atoms with Gasteiger partial charge < -0.3 is 25.9 Å². The summed E-state index contributed by atoms with van der Waals surface area (Å²) in [5, 5.41) is 20.3. The smallest absolute Gasteiger partial charge is 0.262 e. The number of fused-ring (bicyclic) bond motifs is 3. The van der Waals surface area contributed by atoms with Crippen molar-refractivity contribution in [2.75, 3.05) is 6.54 Å². The lowest BCUT2D eigenvalue weighted by molar-refractivity contribution is -0.140. The number of aldehydes is 1. The summed E-state index contributed by atoms with van der Waals surface area (Å²) in [6.45, 7) is 0.560. The molecule has 8 nitrogen and oxygen atoms in total. The van der Waals surface area contributed by atoms with E-state index in [0.717, 1.165) is 43.2 Å². The molecular formula is C30H35N3O5. The molecule has 200 valence electrons. The average Bonchev–Trinajstić information content (AvgIpc) is 3.47. The standard InChI is InChI=1S/C30H35N3O5/c34-18-21(17-20-14-15-31-27(20)35)32-28(36)26(16-19-8-2-1-3-9-19)33-29(37)30(38)24-12-6-4-10-22(24)23-11-5-7-13-25(23)30/h4-7,10-13,18-21,26,38H,1-3,8-9,14-17H2,(H,31,35)(H,32,36)(H,33,37)/t20-,21-,26+/m1/s1. The van der Waals surface area contributed by atoms with Gasteiger partial charge >= 0.3 is 0 Å². The Labute approximate surface area is 222 Å². The monoisotopic (exact) mass is 517 g/mol. The minimum Gasteiger partial charge on any atom is -0.372 e. The predicted octanol–water partition coefficient (Wildman–Crippen LogP) is 2.57. The molecule has 2 aliphatic carbocycles. The van der Waals surface area contributed by atoms with E-state index in [1.54, 1.807) is 24.3 Å². The number of carbonyl (C=O) groups excluding carboxylic acids is 4. The minimum absolute atomic E-state index is 0.112. The number of aliphatic hydroxyl groups is 1. The van der Waals surface area contributed by atoms with Crippen LogP contribution in [0.2, 0.25) is 0 Å². The summed E-state index contributed by atoms with van der Waals surface area (Å²) in [6, 6.07) is 12.8. The summed E-state index contributed by atoms with van der Waals surface area (Å²) in [4.78, 5) is 51.2. The maximum absolute atomic E-state index is 13.9. The van der Waals surface area contributed by atoms with Crippen molar-refractivity contribution in [3.8, 4) is 11.1 Å². The van der Waals surface area contributed by atoms with Crippen LogP contribution in [-0.2, 0) is 24.8 Å². The lowest BCUT2D eigenvalue weighted by Gasteiger charge is -2.31. The van der Waals surface area contributed by atoms with Crippen molar-refractivity contribution in [3.05, 3.63) is 59.7 Å². The molecular weight excluding hydrogens is 482 g/mol. The summed E-state index contributed by atoms with van der Waals surface area (Å²) >= 11 is 0. The van der Waals surface area contributed by atoms with Crippen LogP contribution in [0.3, 0.4) is 0 Å². The molecule has 4 N–H and O–H groups in total. The Morgan fingerprint density at radius 3 is 2.16 bits per heavy atom. The first kappa shape index (κ1) is 26.1. The second kappa shape index (κ2) is 11.1. The van der Waals surface area contributed by atoms with Gasteiger partial charge in [0.1, 0.15) is 12.3 Å². The van der Waals surface area contributed by atoms with Crippen LogP contribution in [0.1, 0.15) is 62.5 Å². The predicted molar refractivity (Wildman–Crippen MR) is 142 cm³/mol. The van der Waals surface area contributed by atoms with Crippen LogP contribution in [0.25, 0.3) is 11.1 Å². The van der Waals surface area contributed by atoms with Crippen molar-refractivity contribution < 1.29 is 24.3 Å². The van der Waals surface area contributed by atoms with E-state index in [9.17, 15) is 24.3 Å². The van der Waals surface area contributed by atoms with Crippen LogP contribution in [0.4, 0.5) is 0 Å². The average molecular weight is 518 g/mol. The van der Waals surface area contributed by atoms with Crippen molar-refractivity contribution in [1.29, 1.82) is 0 Å². The molecule has 3 atom stereocenters. The molecule has 1 heterocycles. The molecule has 0 aromatic heterocycles. The van der Waals surface area contributed by atoms with Crippen molar-refractivity contribution in [2.24, 2.45) is 11.8 Å². The molecule has 1 saturated heterocycles. The Kier molecular flexibility index (Phi) is 7.61. The molecule has 0 bridgehead atoms. The number of hydrogen-bond donors (Lipinski definition) is 4. The molecule has 3 aliphatic rings. The van der Waals surface area contributed by atoms with Crippen LogP contribution in [0, 0.1) is 11.8 Å². The third-order valence-electron chi connectivity index (χ3n) is 8.36. The highest BCUT2D eigenvalue weighted by Crippen LogP contribution is 2.47. The van der Waals surface area contributed by atoms with E-state index in [1.807, 2.05) is 24.3 Å². The molecule has 0 radical (unpaired) electrons. The van der Waals surface area contributed by atoms with Gasteiger partial charge in [-0.15, -0.1) is 0 Å². The van der Waals surface area contributed by atoms with Gasteiger partial charge in [0, 0.05) is 23.6 Å². The highest BCUT2D eigenvalue weighted by atomic mass is 16.3. The van der Waals surface area contributed by atoms with E-state index in [0.29, 0.717) is 36.8 Å². The van der Waals surface area contributed by atoms with Gasteiger partial charge in [-0.05, 0) is 36.3 Å². The van der Waals surface area contributed by atoms with Crippen molar-refractivity contribution >= 4 is 24.0 Å². The molecule has 3 amide bonds. The van der Waals surface area contributed by atoms with Gasteiger partial charge in [0.05, 0.1) is 6.04 Å². The normalized spacial score (nSPS) is 21.5. The summed E-state index contributed by atoms with van der Waals surface area (Å²) in [6.07, 6.45) is 7.15. The van der Waals surface area contributed by atoms with Gasteiger partial charge in [0.2, 0.25) is 11.8 Å². The van der Waals surface area contributed by atoms with E-state index in [2.05, 4.69) is 16.0 Å². The Bertz CT molecular complexity index is 1180. The molecule has 38 heavy (non-hydrogen) atoms. The lowest BCUT2D eigenvalue weighted by atomic mass is 9.84. The van der Waals surface area contributed by atoms with Crippen LogP contribution < -0.4 is 16.0 Å². The van der Waals surface area contributed by atoms with Crippen LogP contribution >= 0.6 is 0 Å². The molecule has 1 saturated carbocycles. The number of amides is 3. The number of benzene rings is 2. The highest BCUT2D eigenvalue weighted by Gasteiger charge is 2.48. The summed E-state index contributed by atoms with van der Waals surface area (Å²) in [5.74, 6) is -1.32. The molecule has 2 fully saturated rings. The van der Waals surface area contributed by atoms with E-state index >= 15 is 0 Å². The molecule has 0 spiro atoms. The number of hydrogen-bond acceptors (Lipinski definition) is 5. The zero-order valence-electron chi connectivity index (χ0n) is 21.4. The van der Waals surface area contributed by atoms with E-state index in [1.165, 1.54) is 0 Å². The Hall–Kier alpha value is -3.52. The Morgan fingerprint density at radius 2 is 1.58 bits per heavy atom. The van der Waals surface area contributed by atoms with Gasteiger partial charge in [-0.1, -0.05) is 80.6 Å². The van der Waals surface area contributed by atoms with Crippen LogP contribution in [0.15, 0.2) is 48.5 Å². The first-order valence-electron chi connectivity index (χ1n) is 13.7.